The molecule has 0 N–H and O–H groups in total. The Balaban J connectivity index is 1.06. The number of rotatable bonds is 19. The van der Waals surface area contributed by atoms with Crippen molar-refractivity contribution in [2.45, 2.75) is 103 Å². The van der Waals surface area contributed by atoms with Crippen LogP contribution in [0.4, 0.5) is 0 Å². The summed E-state index contributed by atoms with van der Waals surface area (Å²) in [5.41, 5.74) is 2.15. The molecular formula is C52H62O6. The Morgan fingerprint density at radius 1 is 0.517 bits per heavy atom. The minimum atomic E-state index is -0.922. The molecule has 2 atom stereocenters. The maximum Gasteiger partial charge on any atom is 0.338 e. The second kappa shape index (κ2) is 22.7. The highest BCUT2D eigenvalue weighted by atomic mass is 16.6. The molecule has 0 unspecified atom stereocenters. The third kappa shape index (κ3) is 13.0. The lowest BCUT2D eigenvalue weighted by molar-refractivity contribution is -0.0388. The molecule has 0 heterocycles. The quantitative estimate of drug-likeness (QED) is 0.0697. The number of hydrogen-bond donors (Lipinski definition) is 0. The molecule has 2 fully saturated rings. The van der Waals surface area contributed by atoms with Gasteiger partial charge in [-0.25, -0.2) is 9.59 Å². The molecule has 0 bridgehead atoms. The van der Waals surface area contributed by atoms with Crippen LogP contribution in [0.15, 0.2) is 133 Å². The number of esters is 2. The van der Waals surface area contributed by atoms with E-state index in [1.165, 1.54) is 77.0 Å². The minimum Gasteiger partial charge on any atom is -0.490 e. The fourth-order valence-corrected chi connectivity index (χ4v) is 8.58. The molecule has 0 spiro atoms. The van der Waals surface area contributed by atoms with Crippen molar-refractivity contribution in [2.75, 3.05) is 13.2 Å². The zero-order valence-electron chi connectivity index (χ0n) is 34.5. The van der Waals surface area contributed by atoms with Crippen molar-refractivity contribution >= 4 is 11.9 Å². The highest BCUT2D eigenvalue weighted by molar-refractivity contribution is 5.90. The van der Waals surface area contributed by atoms with Crippen LogP contribution in [0, 0.1) is 23.7 Å². The van der Waals surface area contributed by atoms with Crippen LogP contribution in [0.2, 0.25) is 0 Å². The first-order chi connectivity index (χ1) is 28.5. The Labute approximate surface area is 346 Å². The van der Waals surface area contributed by atoms with E-state index in [1.54, 1.807) is 48.5 Å². The summed E-state index contributed by atoms with van der Waals surface area (Å²) in [5, 5.41) is 0. The van der Waals surface area contributed by atoms with Gasteiger partial charge in [0.2, 0.25) is 0 Å². The average Bonchev–Trinajstić information content (AvgIpc) is 3.27. The molecule has 0 aliphatic heterocycles. The van der Waals surface area contributed by atoms with Gasteiger partial charge in [-0.3, -0.25) is 0 Å². The summed E-state index contributed by atoms with van der Waals surface area (Å²) in [6.07, 6.45) is 22.6. The van der Waals surface area contributed by atoms with Crippen LogP contribution in [-0.4, -0.2) is 25.2 Å². The summed E-state index contributed by atoms with van der Waals surface area (Å²) in [6, 6.07) is 32.8. The van der Waals surface area contributed by atoms with Crippen LogP contribution in [0.5, 0.6) is 11.5 Å². The normalized spacial score (nSPS) is 20.7. The van der Waals surface area contributed by atoms with Crippen LogP contribution in [0.1, 0.15) is 135 Å². The number of ether oxygens (including phenoxy) is 4. The number of hydrogen-bond acceptors (Lipinski definition) is 6. The van der Waals surface area contributed by atoms with Gasteiger partial charge < -0.3 is 18.9 Å². The molecule has 4 aromatic rings. The van der Waals surface area contributed by atoms with Crippen molar-refractivity contribution in [1.82, 2.24) is 0 Å². The van der Waals surface area contributed by atoms with E-state index in [0.717, 1.165) is 11.8 Å². The predicted octanol–water partition coefficient (Wildman–Crippen LogP) is 13.3. The molecule has 2 aliphatic rings. The van der Waals surface area contributed by atoms with Gasteiger partial charge in [0.05, 0.1) is 11.1 Å². The molecule has 0 amide bonds. The smallest absolute Gasteiger partial charge is 0.338 e. The molecule has 0 saturated heterocycles. The molecule has 0 aromatic heterocycles. The summed E-state index contributed by atoms with van der Waals surface area (Å²) >= 11 is 0. The summed E-state index contributed by atoms with van der Waals surface area (Å²) in [4.78, 5) is 27.5. The number of benzene rings is 4. The summed E-state index contributed by atoms with van der Waals surface area (Å²) in [5.74, 6) is 3.34. The van der Waals surface area contributed by atoms with Gasteiger partial charge in [-0.05, 0) is 135 Å². The van der Waals surface area contributed by atoms with E-state index in [0.29, 0.717) is 58.8 Å². The maximum absolute atomic E-state index is 13.8. The standard InChI is InChI=1S/C52H62O6/c1-3-13-39-21-25-41(26-22-39)15-11-37-55-47-33-29-45(30-34-47)51(53)57-49(43-17-7-5-8-18-43)50(44-19-9-6-10-20-44)58-52(54)46-31-35-48(36-32-46)56-38-12-16-42-27-23-40(14-4-2)24-28-42/h5-12,15-20,29-36,39-42,49-50H,3-4,13-14,21-28,37-38H2,1-2H3/t39-,40-,41-,42-,49-,50-/m1/s1. The Morgan fingerprint density at radius 3 is 1.22 bits per heavy atom. The van der Waals surface area contributed by atoms with Gasteiger partial charge in [0, 0.05) is 0 Å². The molecular weight excluding hydrogens is 721 g/mol. The Hall–Kier alpha value is -5.10. The van der Waals surface area contributed by atoms with Gasteiger partial charge in [0.1, 0.15) is 24.7 Å². The highest BCUT2D eigenvalue weighted by Gasteiger charge is 2.33. The van der Waals surface area contributed by atoms with Crippen LogP contribution in [0.25, 0.3) is 0 Å². The summed E-state index contributed by atoms with van der Waals surface area (Å²) in [7, 11) is 0. The minimum absolute atomic E-state index is 0.371. The Kier molecular flexibility index (Phi) is 16.7. The Bertz CT molecular complexity index is 1710. The van der Waals surface area contributed by atoms with Crippen molar-refractivity contribution in [3.8, 4) is 11.5 Å². The van der Waals surface area contributed by atoms with Crippen LogP contribution in [0.3, 0.4) is 0 Å². The molecule has 6 rings (SSSR count). The molecule has 6 heteroatoms. The van der Waals surface area contributed by atoms with Gasteiger partial charge in [-0.1, -0.05) is 124 Å². The molecule has 2 aliphatic carbocycles. The molecule has 4 aromatic carbocycles. The van der Waals surface area contributed by atoms with Crippen LogP contribution in [-0.2, 0) is 9.47 Å². The van der Waals surface area contributed by atoms with Gasteiger partial charge in [-0.2, -0.15) is 0 Å². The predicted molar refractivity (Wildman–Crippen MR) is 232 cm³/mol. The lowest BCUT2D eigenvalue weighted by Gasteiger charge is -2.28. The van der Waals surface area contributed by atoms with E-state index in [4.69, 9.17) is 18.9 Å². The molecule has 2 saturated carbocycles. The molecule has 306 valence electrons. The second-order valence-electron chi connectivity index (χ2n) is 16.1. The van der Waals surface area contributed by atoms with Gasteiger partial charge >= 0.3 is 11.9 Å². The second-order valence-corrected chi connectivity index (χ2v) is 16.1. The van der Waals surface area contributed by atoms with Gasteiger partial charge in [0.15, 0.2) is 12.2 Å². The SMILES string of the molecule is CCC[C@H]1CC[C@H](C=CCOc2ccc(C(=O)O[C@H](c3ccccc3)[C@H](OC(=O)c3ccc(OCC=C[C@H]4CC[C@H](CCC)CC4)cc3)c3ccccc3)cc2)CC1. The highest BCUT2D eigenvalue weighted by Crippen LogP contribution is 2.37. The van der Waals surface area contributed by atoms with Crippen molar-refractivity contribution in [3.05, 3.63) is 156 Å². The molecule has 0 radical (unpaired) electrons. The number of carbonyl (C=O) groups is 2. The van der Waals surface area contributed by atoms with Gasteiger partial charge in [-0.15, -0.1) is 0 Å². The van der Waals surface area contributed by atoms with Crippen LogP contribution < -0.4 is 9.47 Å². The van der Waals surface area contributed by atoms with Gasteiger partial charge in [0.25, 0.3) is 0 Å². The van der Waals surface area contributed by atoms with E-state index in [2.05, 4.69) is 38.2 Å². The number of carbonyl (C=O) groups excluding carboxylic acids is 2. The van der Waals surface area contributed by atoms with E-state index in [1.807, 2.05) is 60.7 Å². The van der Waals surface area contributed by atoms with E-state index >= 15 is 0 Å². The first-order valence-corrected chi connectivity index (χ1v) is 21.8. The summed E-state index contributed by atoms with van der Waals surface area (Å²) < 4.78 is 24.4. The lowest BCUT2D eigenvalue weighted by Crippen LogP contribution is -2.23. The summed E-state index contributed by atoms with van der Waals surface area (Å²) in [6.45, 7) is 5.51. The zero-order valence-corrected chi connectivity index (χ0v) is 34.5. The van der Waals surface area contributed by atoms with E-state index < -0.39 is 24.1 Å². The third-order valence-electron chi connectivity index (χ3n) is 11.9. The monoisotopic (exact) mass is 782 g/mol. The largest absolute Gasteiger partial charge is 0.490 e. The first kappa shape index (κ1) is 42.5. The number of allylic oxidation sites excluding steroid dienone is 2. The van der Waals surface area contributed by atoms with Crippen molar-refractivity contribution in [3.63, 3.8) is 0 Å². The van der Waals surface area contributed by atoms with Crippen molar-refractivity contribution in [1.29, 1.82) is 0 Å². The average molecular weight is 783 g/mol. The lowest BCUT2D eigenvalue weighted by atomic mass is 9.80. The van der Waals surface area contributed by atoms with Crippen molar-refractivity contribution in [2.24, 2.45) is 23.7 Å². The van der Waals surface area contributed by atoms with E-state index in [9.17, 15) is 9.59 Å². The molecule has 6 nitrogen and oxygen atoms in total. The van der Waals surface area contributed by atoms with Crippen molar-refractivity contribution < 1.29 is 28.5 Å². The fraction of sp³-hybridized carbons (Fsp3) is 0.423. The topological polar surface area (TPSA) is 71.1 Å². The maximum atomic E-state index is 13.8. The fourth-order valence-electron chi connectivity index (χ4n) is 8.58. The van der Waals surface area contributed by atoms with E-state index in [-0.39, 0.29) is 0 Å². The molecule has 58 heavy (non-hydrogen) atoms. The zero-order chi connectivity index (χ0) is 40.4. The third-order valence-corrected chi connectivity index (χ3v) is 11.9. The first-order valence-electron chi connectivity index (χ1n) is 21.8. The van der Waals surface area contributed by atoms with Crippen LogP contribution >= 0.6 is 0 Å². The Morgan fingerprint density at radius 2 is 0.879 bits per heavy atom.